The maximum absolute atomic E-state index is 13.2. The van der Waals surface area contributed by atoms with Gasteiger partial charge in [0.2, 0.25) is 17.6 Å². The van der Waals surface area contributed by atoms with E-state index in [-0.39, 0.29) is 18.7 Å². The molecule has 12 heteroatoms. The first-order chi connectivity index (χ1) is 16.2. The van der Waals surface area contributed by atoms with Crippen molar-refractivity contribution in [1.29, 1.82) is 0 Å². The fourth-order valence-corrected chi connectivity index (χ4v) is 4.62. The number of aliphatic hydroxyl groups excluding tert-OH is 1. The van der Waals surface area contributed by atoms with Crippen molar-refractivity contribution in [2.24, 2.45) is 11.8 Å². The number of ether oxygens (including phenoxy) is 1. The minimum Gasteiger partial charge on any atom is -0.383 e. The monoisotopic (exact) mass is 490 g/mol. The second-order valence-electron chi connectivity index (χ2n) is 9.06. The van der Waals surface area contributed by atoms with E-state index < -0.39 is 41.9 Å². The summed E-state index contributed by atoms with van der Waals surface area (Å²) in [6.45, 7) is 3.55. The number of alkyl halides is 3. The molecule has 0 aromatic carbocycles. The van der Waals surface area contributed by atoms with E-state index in [1.54, 1.807) is 11.8 Å². The van der Waals surface area contributed by atoms with Gasteiger partial charge in [0.1, 0.15) is 6.10 Å². The molecule has 0 radical (unpaired) electrons. The predicted octanol–water partition coefficient (Wildman–Crippen LogP) is 2.85. The van der Waals surface area contributed by atoms with Crippen LogP contribution in [-0.2, 0) is 20.5 Å². The normalized spacial score (nSPS) is 20.6. The molecule has 1 saturated heterocycles. The van der Waals surface area contributed by atoms with Crippen molar-refractivity contribution in [3.05, 3.63) is 11.7 Å². The van der Waals surface area contributed by atoms with Crippen LogP contribution in [-0.4, -0.2) is 64.3 Å². The Balaban J connectivity index is 1.68. The predicted molar refractivity (Wildman–Crippen MR) is 113 cm³/mol. The van der Waals surface area contributed by atoms with Crippen LogP contribution in [0, 0.1) is 11.8 Å². The topological polar surface area (TPSA) is 118 Å². The van der Waals surface area contributed by atoms with Gasteiger partial charge in [0.25, 0.3) is 0 Å². The van der Waals surface area contributed by atoms with Crippen LogP contribution >= 0.6 is 0 Å². The quantitative estimate of drug-likeness (QED) is 0.547. The summed E-state index contributed by atoms with van der Waals surface area (Å²) < 4.78 is 47.8. The van der Waals surface area contributed by atoms with Crippen LogP contribution in [0.25, 0.3) is 0 Å². The lowest BCUT2D eigenvalue weighted by Gasteiger charge is -2.31. The minimum atomic E-state index is -4.83. The molecule has 0 spiro atoms. The Hall–Kier alpha value is -2.21. The molecule has 2 fully saturated rings. The van der Waals surface area contributed by atoms with E-state index in [1.165, 1.54) is 0 Å². The maximum Gasteiger partial charge on any atom is 0.471 e. The van der Waals surface area contributed by atoms with Crippen molar-refractivity contribution >= 4 is 11.8 Å². The lowest BCUT2D eigenvalue weighted by Crippen LogP contribution is -2.46. The van der Waals surface area contributed by atoms with Gasteiger partial charge in [-0.15, -0.1) is 0 Å². The molecule has 192 valence electrons. The van der Waals surface area contributed by atoms with Crippen molar-refractivity contribution in [2.45, 2.75) is 76.6 Å². The van der Waals surface area contributed by atoms with E-state index >= 15 is 0 Å². The van der Waals surface area contributed by atoms with Crippen LogP contribution < -0.4 is 5.32 Å². The third-order valence-electron chi connectivity index (χ3n) is 6.60. The second kappa shape index (κ2) is 12.0. The summed E-state index contributed by atoms with van der Waals surface area (Å²) in [7, 11) is 0. The Kier molecular flexibility index (Phi) is 9.29. The molecule has 3 atom stereocenters. The minimum absolute atomic E-state index is 0.0370. The van der Waals surface area contributed by atoms with Gasteiger partial charge in [-0.25, -0.2) is 0 Å². The number of halogens is 3. The maximum atomic E-state index is 13.2. The molecular weight excluding hydrogens is 457 g/mol. The molecule has 2 heterocycles. The van der Waals surface area contributed by atoms with E-state index in [9.17, 15) is 27.9 Å². The summed E-state index contributed by atoms with van der Waals surface area (Å²) >= 11 is 0. The number of aliphatic hydroxyl groups is 1. The van der Waals surface area contributed by atoms with Gasteiger partial charge in [0.05, 0.1) is 19.3 Å². The molecule has 0 bridgehead atoms. The van der Waals surface area contributed by atoms with Crippen LogP contribution in [0.15, 0.2) is 4.52 Å². The smallest absolute Gasteiger partial charge is 0.383 e. The van der Waals surface area contributed by atoms with Crippen LogP contribution in [0.1, 0.15) is 76.1 Å². The molecule has 2 amide bonds. The lowest BCUT2D eigenvalue weighted by molar-refractivity contribution is -0.159. The molecule has 1 aromatic heterocycles. The van der Waals surface area contributed by atoms with Gasteiger partial charge >= 0.3 is 12.1 Å². The number of rotatable bonds is 9. The number of hydrogen-bond acceptors (Lipinski definition) is 7. The summed E-state index contributed by atoms with van der Waals surface area (Å²) in [5.41, 5.74) is 0. The Morgan fingerprint density at radius 1 is 1.21 bits per heavy atom. The Bertz CT molecular complexity index is 807. The highest BCUT2D eigenvalue weighted by atomic mass is 19.4. The van der Waals surface area contributed by atoms with Gasteiger partial charge in [0, 0.05) is 25.4 Å². The molecule has 34 heavy (non-hydrogen) atoms. The number of aromatic nitrogens is 2. The average Bonchev–Trinajstić information content (AvgIpc) is 3.34. The molecule has 2 aliphatic rings. The number of nitrogens with one attached hydrogen (secondary N) is 1. The fraction of sp³-hybridized carbons (Fsp3) is 0.818. The molecule has 2 unspecified atom stereocenters. The van der Waals surface area contributed by atoms with E-state index in [1.807, 2.05) is 0 Å². The first-order valence-corrected chi connectivity index (χ1v) is 11.9. The average molecular weight is 491 g/mol. The van der Waals surface area contributed by atoms with E-state index in [2.05, 4.69) is 20.0 Å². The highest BCUT2D eigenvalue weighted by Crippen LogP contribution is 2.32. The first kappa shape index (κ1) is 26.4. The van der Waals surface area contributed by atoms with Crippen molar-refractivity contribution in [3.8, 4) is 0 Å². The van der Waals surface area contributed by atoms with Crippen molar-refractivity contribution in [3.63, 3.8) is 0 Å². The summed E-state index contributed by atoms with van der Waals surface area (Å²) in [5, 5.41) is 16.5. The number of carbonyl (C=O) groups excluding carboxylic acids is 2. The van der Waals surface area contributed by atoms with Gasteiger partial charge in [-0.2, -0.15) is 18.2 Å². The number of carbonyl (C=O) groups is 2. The second-order valence-corrected chi connectivity index (χ2v) is 9.06. The van der Waals surface area contributed by atoms with E-state index in [4.69, 9.17) is 4.74 Å². The summed E-state index contributed by atoms with van der Waals surface area (Å²) in [5.74, 6) is -2.91. The standard InChI is InChI=1S/C22H33F3N4O5/c1-2-16(18(31)19-27-21(34-28-19)22(23,24)25)26-20(32)15(12-14-6-4-3-5-7-14)13-17(30)29-8-10-33-11-9-29/h14-16,18,31H,2-13H2,1H3,(H,26,32)/t15?,16-,18?/m0/s1. The third-order valence-corrected chi connectivity index (χ3v) is 6.60. The third kappa shape index (κ3) is 7.14. The van der Waals surface area contributed by atoms with E-state index in [0.29, 0.717) is 38.6 Å². The molecule has 3 rings (SSSR count). The highest BCUT2D eigenvalue weighted by Gasteiger charge is 2.40. The van der Waals surface area contributed by atoms with Crippen molar-refractivity contribution in [2.75, 3.05) is 26.3 Å². The Morgan fingerprint density at radius 3 is 2.47 bits per heavy atom. The lowest BCUT2D eigenvalue weighted by atomic mass is 9.81. The van der Waals surface area contributed by atoms with Crippen molar-refractivity contribution < 1.29 is 37.1 Å². The number of nitrogens with zero attached hydrogens (tertiary/aromatic N) is 3. The van der Waals surface area contributed by atoms with Gasteiger partial charge in [-0.05, 0) is 18.8 Å². The molecule has 1 aliphatic heterocycles. The Morgan fingerprint density at radius 2 is 1.88 bits per heavy atom. The molecule has 2 N–H and O–H groups in total. The molecule has 1 aliphatic carbocycles. The summed E-state index contributed by atoms with van der Waals surface area (Å²) in [6.07, 6.45) is -0.273. The van der Waals surface area contributed by atoms with Crippen molar-refractivity contribution in [1.82, 2.24) is 20.4 Å². The zero-order valence-electron chi connectivity index (χ0n) is 19.4. The first-order valence-electron chi connectivity index (χ1n) is 11.9. The number of hydrogen-bond donors (Lipinski definition) is 2. The van der Waals surface area contributed by atoms with Gasteiger partial charge in [-0.3, -0.25) is 9.59 Å². The molecular formula is C22H33F3N4O5. The Labute approximate surface area is 196 Å². The molecule has 9 nitrogen and oxygen atoms in total. The summed E-state index contributed by atoms with van der Waals surface area (Å²) in [4.78, 5) is 31.0. The van der Waals surface area contributed by atoms with Crippen LogP contribution in [0.2, 0.25) is 0 Å². The number of amides is 2. The zero-order valence-corrected chi connectivity index (χ0v) is 19.4. The molecule has 1 aromatic rings. The van der Waals surface area contributed by atoms with Gasteiger partial charge < -0.3 is 24.6 Å². The highest BCUT2D eigenvalue weighted by molar-refractivity contribution is 5.86. The largest absolute Gasteiger partial charge is 0.471 e. The van der Waals surface area contributed by atoms with Gasteiger partial charge in [-0.1, -0.05) is 44.2 Å². The zero-order chi connectivity index (χ0) is 24.7. The van der Waals surface area contributed by atoms with Gasteiger partial charge in [0.15, 0.2) is 0 Å². The van der Waals surface area contributed by atoms with Crippen LogP contribution in [0.3, 0.4) is 0 Å². The number of morpholine rings is 1. The van der Waals surface area contributed by atoms with Crippen LogP contribution in [0.4, 0.5) is 13.2 Å². The fourth-order valence-electron chi connectivity index (χ4n) is 4.62. The SMILES string of the molecule is CC[C@H](NC(=O)C(CC(=O)N1CCOCC1)CC1CCCCC1)C(O)c1noc(C(F)(F)F)n1. The summed E-state index contributed by atoms with van der Waals surface area (Å²) in [6, 6.07) is -0.932. The van der Waals surface area contributed by atoms with Crippen LogP contribution in [0.5, 0.6) is 0 Å². The van der Waals surface area contributed by atoms with E-state index in [0.717, 1.165) is 32.1 Å². The molecule has 1 saturated carbocycles.